The number of carbonyl (C=O) groups excluding carboxylic acids is 3. The van der Waals surface area contributed by atoms with Crippen LogP contribution in [0.4, 0.5) is 0 Å². The van der Waals surface area contributed by atoms with Crippen molar-refractivity contribution in [2.75, 3.05) is 14.1 Å². The number of hydrogen-bond donors (Lipinski definition) is 2. The fraction of sp³-hybridized carbons (Fsp3) is 0.381. The largest absolute Gasteiger partial charge is 0.354 e. The molecule has 0 saturated heterocycles. The Morgan fingerprint density at radius 3 is 2.30 bits per heavy atom. The number of ketones is 1. The number of aromatic amines is 1. The second kappa shape index (κ2) is 8.66. The van der Waals surface area contributed by atoms with Crippen LogP contribution in [-0.2, 0) is 11.2 Å². The van der Waals surface area contributed by atoms with Crippen LogP contribution in [0.3, 0.4) is 0 Å². The molecule has 144 valence electrons. The molecular formula is C21H27N3O3. The maximum Gasteiger partial charge on any atom is 0.268 e. The van der Waals surface area contributed by atoms with Crippen molar-refractivity contribution in [3.05, 3.63) is 58.4 Å². The van der Waals surface area contributed by atoms with E-state index < -0.39 is 6.04 Å². The van der Waals surface area contributed by atoms with Crippen LogP contribution in [0.15, 0.2) is 30.3 Å². The Hall–Kier alpha value is -2.89. The molecule has 0 aliphatic rings. The summed E-state index contributed by atoms with van der Waals surface area (Å²) < 4.78 is 0. The van der Waals surface area contributed by atoms with Gasteiger partial charge in [-0.05, 0) is 31.4 Å². The van der Waals surface area contributed by atoms with Crippen molar-refractivity contribution < 1.29 is 14.4 Å². The fourth-order valence-corrected chi connectivity index (χ4v) is 3.23. The topological polar surface area (TPSA) is 82.3 Å². The third kappa shape index (κ3) is 4.64. The van der Waals surface area contributed by atoms with Gasteiger partial charge in [0, 0.05) is 25.4 Å². The van der Waals surface area contributed by atoms with E-state index in [1.165, 1.54) is 11.8 Å². The number of aryl methyl sites for hydroxylation is 1. The molecule has 1 atom stereocenters. The Labute approximate surface area is 160 Å². The summed E-state index contributed by atoms with van der Waals surface area (Å²) in [6, 6.07) is 8.95. The Kier molecular flexibility index (Phi) is 6.55. The van der Waals surface area contributed by atoms with Crippen LogP contribution in [0.5, 0.6) is 0 Å². The van der Waals surface area contributed by atoms with E-state index in [1.54, 1.807) is 21.0 Å². The van der Waals surface area contributed by atoms with Crippen molar-refractivity contribution in [1.82, 2.24) is 15.2 Å². The fourth-order valence-electron chi connectivity index (χ4n) is 3.23. The van der Waals surface area contributed by atoms with Gasteiger partial charge in [0.15, 0.2) is 5.78 Å². The molecule has 2 amide bonds. The van der Waals surface area contributed by atoms with E-state index in [0.717, 1.165) is 5.56 Å². The molecule has 6 heteroatoms. The van der Waals surface area contributed by atoms with Gasteiger partial charge in [0.25, 0.3) is 5.91 Å². The predicted molar refractivity (Wildman–Crippen MR) is 105 cm³/mol. The maximum atomic E-state index is 13.0. The molecule has 1 heterocycles. The summed E-state index contributed by atoms with van der Waals surface area (Å²) in [6.45, 7) is 5.20. The lowest BCUT2D eigenvalue weighted by Gasteiger charge is -2.21. The summed E-state index contributed by atoms with van der Waals surface area (Å²) >= 11 is 0. The number of nitrogens with zero attached hydrogens (tertiary/aromatic N) is 1. The molecule has 0 spiro atoms. The van der Waals surface area contributed by atoms with Crippen LogP contribution in [0.25, 0.3) is 0 Å². The number of hydrogen-bond acceptors (Lipinski definition) is 3. The molecule has 0 unspecified atom stereocenters. The summed E-state index contributed by atoms with van der Waals surface area (Å²) in [6.07, 6.45) is 0.720. The number of nitrogens with one attached hydrogen (secondary N) is 2. The molecule has 1 aromatic heterocycles. The molecule has 2 N–H and O–H groups in total. The second-order valence-corrected chi connectivity index (χ2v) is 6.82. The Balaban J connectivity index is 2.35. The van der Waals surface area contributed by atoms with E-state index in [1.807, 2.05) is 37.3 Å². The lowest BCUT2D eigenvalue weighted by molar-refractivity contribution is -0.129. The minimum absolute atomic E-state index is 0.0676. The molecule has 27 heavy (non-hydrogen) atoms. The molecule has 2 rings (SSSR count). The zero-order valence-corrected chi connectivity index (χ0v) is 16.6. The number of benzene rings is 1. The highest BCUT2D eigenvalue weighted by Gasteiger charge is 2.25. The van der Waals surface area contributed by atoms with Crippen molar-refractivity contribution >= 4 is 17.6 Å². The average Bonchev–Trinajstić information content (AvgIpc) is 2.98. The molecule has 0 saturated carbocycles. The minimum atomic E-state index is -0.456. The summed E-state index contributed by atoms with van der Waals surface area (Å²) in [7, 11) is 3.38. The quantitative estimate of drug-likeness (QED) is 0.736. The van der Waals surface area contributed by atoms with Crippen molar-refractivity contribution in [3.8, 4) is 0 Å². The smallest absolute Gasteiger partial charge is 0.268 e. The van der Waals surface area contributed by atoms with E-state index in [2.05, 4.69) is 10.3 Å². The molecule has 2 aromatic rings. The van der Waals surface area contributed by atoms with Gasteiger partial charge < -0.3 is 15.2 Å². The minimum Gasteiger partial charge on any atom is -0.354 e. The Morgan fingerprint density at radius 1 is 1.15 bits per heavy atom. The highest BCUT2D eigenvalue weighted by molar-refractivity contribution is 6.02. The Bertz CT molecular complexity index is 838. The van der Waals surface area contributed by atoms with Gasteiger partial charge in [0.05, 0.1) is 12.5 Å². The van der Waals surface area contributed by atoms with Gasteiger partial charge in [0.1, 0.15) is 5.69 Å². The number of amides is 2. The standard InChI is InChI=1S/C21H27N3O3/c1-6-16-19(14(3)25)13(2)22-20(16)21(27)23-17(12-18(26)24(4)5)15-10-8-7-9-11-15/h7-11,17,22H,6,12H2,1-5H3,(H,23,27)/t17-/m1/s1. The average molecular weight is 369 g/mol. The lowest BCUT2D eigenvalue weighted by Crippen LogP contribution is -2.34. The second-order valence-electron chi connectivity index (χ2n) is 6.82. The lowest BCUT2D eigenvalue weighted by atomic mass is 10.0. The molecule has 0 fully saturated rings. The van der Waals surface area contributed by atoms with Gasteiger partial charge in [-0.2, -0.15) is 0 Å². The van der Waals surface area contributed by atoms with Crippen LogP contribution in [0.2, 0.25) is 0 Å². The third-order valence-electron chi connectivity index (χ3n) is 4.61. The van der Waals surface area contributed by atoms with Crippen molar-refractivity contribution in [3.63, 3.8) is 0 Å². The van der Waals surface area contributed by atoms with E-state index >= 15 is 0 Å². The van der Waals surface area contributed by atoms with Crippen LogP contribution >= 0.6 is 0 Å². The number of carbonyl (C=O) groups is 3. The summed E-state index contributed by atoms with van der Waals surface area (Å²) in [5, 5.41) is 2.96. The van der Waals surface area contributed by atoms with Crippen LogP contribution in [-0.4, -0.2) is 41.6 Å². The van der Waals surface area contributed by atoms with Gasteiger partial charge in [-0.15, -0.1) is 0 Å². The van der Waals surface area contributed by atoms with Gasteiger partial charge in [-0.25, -0.2) is 0 Å². The van der Waals surface area contributed by atoms with Crippen molar-refractivity contribution in [1.29, 1.82) is 0 Å². The molecule has 1 aromatic carbocycles. The molecular weight excluding hydrogens is 342 g/mol. The molecule has 0 aliphatic carbocycles. The van der Waals surface area contributed by atoms with Gasteiger partial charge in [-0.3, -0.25) is 14.4 Å². The first-order chi connectivity index (χ1) is 12.8. The molecule has 0 aliphatic heterocycles. The van der Waals surface area contributed by atoms with Gasteiger partial charge >= 0.3 is 0 Å². The SMILES string of the molecule is CCc1c(C(=O)N[C@H](CC(=O)N(C)C)c2ccccc2)[nH]c(C)c1C(C)=O. The van der Waals surface area contributed by atoms with Crippen molar-refractivity contribution in [2.24, 2.45) is 0 Å². The highest BCUT2D eigenvalue weighted by atomic mass is 16.2. The Morgan fingerprint density at radius 2 is 1.78 bits per heavy atom. The zero-order chi connectivity index (χ0) is 20.1. The number of rotatable bonds is 7. The van der Waals surface area contributed by atoms with E-state index in [4.69, 9.17) is 0 Å². The van der Waals surface area contributed by atoms with Crippen LogP contribution < -0.4 is 5.32 Å². The zero-order valence-electron chi connectivity index (χ0n) is 16.6. The predicted octanol–water partition coefficient (Wildman–Crippen LogP) is 3.04. The molecule has 0 bridgehead atoms. The van der Waals surface area contributed by atoms with E-state index in [9.17, 15) is 14.4 Å². The third-order valence-corrected chi connectivity index (χ3v) is 4.61. The first-order valence-corrected chi connectivity index (χ1v) is 9.04. The van der Waals surface area contributed by atoms with E-state index in [0.29, 0.717) is 28.9 Å². The van der Waals surface area contributed by atoms with Gasteiger partial charge in [-0.1, -0.05) is 37.3 Å². The van der Waals surface area contributed by atoms with E-state index in [-0.39, 0.29) is 24.0 Å². The molecule has 6 nitrogen and oxygen atoms in total. The first kappa shape index (κ1) is 20.4. The monoisotopic (exact) mass is 369 g/mol. The van der Waals surface area contributed by atoms with Crippen LogP contribution in [0, 0.1) is 6.92 Å². The number of H-pyrrole nitrogens is 1. The maximum absolute atomic E-state index is 13.0. The number of aromatic nitrogens is 1. The normalized spacial score (nSPS) is 11.7. The summed E-state index contributed by atoms with van der Waals surface area (Å²) in [5.74, 6) is -0.461. The highest BCUT2D eigenvalue weighted by Crippen LogP contribution is 2.23. The number of Topliss-reactive ketones (excluding diaryl/α,β-unsaturated/α-hetero) is 1. The van der Waals surface area contributed by atoms with Gasteiger partial charge in [0.2, 0.25) is 5.91 Å². The summed E-state index contributed by atoms with van der Waals surface area (Å²) in [5.41, 5.74) is 3.21. The van der Waals surface area contributed by atoms with Crippen molar-refractivity contribution in [2.45, 2.75) is 39.7 Å². The summed E-state index contributed by atoms with van der Waals surface area (Å²) in [4.78, 5) is 41.7. The first-order valence-electron chi connectivity index (χ1n) is 9.04. The van der Waals surface area contributed by atoms with Crippen LogP contribution in [0.1, 0.15) is 64.0 Å². The molecule has 0 radical (unpaired) electrons.